The maximum absolute atomic E-state index is 11.0. The van der Waals surface area contributed by atoms with Crippen molar-refractivity contribution in [3.05, 3.63) is 0 Å². The van der Waals surface area contributed by atoms with E-state index in [1.165, 1.54) is 7.11 Å². The number of hydrogen-bond donors (Lipinski definition) is 1. The number of ether oxygens (including phenoxy) is 1. The van der Waals surface area contributed by atoms with Crippen LogP contribution in [-0.4, -0.2) is 25.2 Å². The van der Waals surface area contributed by atoms with Crippen LogP contribution in [0.3, 0.4) is 0 Å². The smallest absolute Gasteiger partial charge is 0.182 e. The van der Waals surface area contributed by atoms with E-state index in [0.29, 0.717) is 0 Å². The molecule has 0 amide bonds. The molecule has 0 aromatic carbocycles. The Balaban J connectivity index is 2.75. The summed E-state index contributed by atoms with van der Waals surface area (Å²) < 4.78 is 15.1. The summed E-state index contributed by atoms with van der Waals surface area (Å²) in [5.41, 5.74) is 0. The summed E-state index contributed by atoms with van der Waals surface area (Å²) in [5.74, 6) is 0. The molecule has 1 unspecified atom stereocenters. The Morgan fingerprint density at radius 3 is 2.50 bits per heavy atom. The molecule has 2 nitrogen and oxygen atoms in total. The molecule has 0 aromatic heterocycles. The first-order chi connectivity index (χ1) is 2.81. The fourth-order valence-electron chi connectivity index (χ4n) is 0.0630. The van der Waals surface area contributed by atoms with E-state index in [1.54, 1.807) is 0 Å². The van der Waals surface area contributed by atoms with E-state index in [-0.39, 0.29) is 0 Å². The van der Waals surface area contributed by atoms with Crippen LogP contribution < -0.4 is 0 Å². The first kappa shape index (κ1) is 5.85. The van der Waals surface area contributed by atoms with Crippen molar-refractivity contribution in [2.75, 3.05) is 13.8 Å². The Kier molecular flexibility index (Phi) is 2.98. The Hall–Kier alpha value is -0.150. The van der Waals surface area contributed by atoms with Gasteiger partial charge in [-0.2, -0.15) is 0 Å². The summed E-state index contributed by atoms with van der Waals surface area (Å²) >= 11 is 0. The van der Waals surface area contributed by atoms with Crippen molar-refractivity contribution >= 4 is 0 Å². The summed E-state index contributed by atoms with van der Waals surface area (Å²) in [4.78, 5) is 0. The fraction of sp³-hybridized carbons (Fsp3) is 1.00. The average Bonchev–Trinajstić information content (AvgIpc) is 1.65. The number of alkyl halides is 1. The van der Waals surface area contributed by atoms with Crippen molar-refractivity contribution in [3.8, 4) is 0 Å². The molecular formula is C3H7FO2. The van der Waals surface area contributed by atoms with Crippen LogP contribution in [-0.2, 0) is 4.74 Å². The lowest BCUT2D eigenvalue weighted by atomic mass is 10.7. The SMILES string of the molecule is COC(O)CF. The number of halogens is 1. The zero-order valence-electron chi connectivity index (χ0n) is 3.52. The molecule has 0 aliphatic carbocycles. The second kappa shape index (κ2) is 3.06. The van der Waals surface area contributed by atoms with Crippen LogP contribution >= 0.6 is 0 Å². The van der Waals surface area contributed by atoms with E-state index < -0.39 is 13.0 Å². The Labute approximate surface area is 35.5 Å². The van der Waals surface area contributed by atoms with E-state index in [1.807, 2.05) is 0 Å². The van der Waals surface area contributed by atoms with Crippen LogP contribution in [0.1, 0.15) is 0 Å². The minimum Gasteiger partial charge on any atom is -0.366 e. The molecule has 0 heterocycles. The number of rotatable bonds is 2. The highest BCUT2D eigenvalue weighted by atomic mass is 19.1. The van der Waals surface area contributed by atoms with Crippen molar-refractivity contribution in [3.63, 3.8) is 0 Å². The van der Waals surface area contributed by atoms with E-state index in [2.05, 4.69) is 4.74 Å². The molecule has 0 aliphatic rings. The molecule has 3 heteroatoms. The van der Waals surface area contributed by atoms with Gasteiger partial charge >= 0.3 is 0 Å². The molecule has 38 valence electrons. The molecule has 0 bridgehead atoms. The number of methoxy groups -OCH3 is 1. The van der Waals surface area contributed by atoms with Gasteiger partial charge in [0.25, 0.3) is 0 Å². The van der Waals surface area contributed by atoms with Crippen LogP contribution in [0.2, 0.25) is 0 Å². The Bertz CT molecular complexity index is 28.0. The zero-order valence-corrected chi connectivity index (χ0v) is 3.52. The van der Waals surface area contributed by atoms with Gasteiger partial charge < -0.3 is 9.84 Å². The molecule has 0 rings (SSSR count). The highest BCUT2D eigenvalue weighted by Gasteiger charge is 1.94. The van der Waals surface area contributed by atoms with Gasteiger partial charge in [0.1, 0.15) is 6.67 Å². The van der Waals surface area contributed by atoms with E-state index in [9.17, 15) is 4.39 Å². The number of aliphatic hydroxyl groups is 1. The van der Waals surface area contributed by atoms with Crippen LogP contribution in [0.15, 0.2) is 0 Å². The summed E-state index contributed by atoms with van der Waals surface area (Å²) in [5, 5.41) is 8.07. The zero-order chi connectivity index (χ0) is 4.99. The molecule has 0 saturated carbocycles. The van der Waals surface area contributed by atoms with Gasteiger partial charge in [-0.15, -0.1) is 0 Å². The monoisotopic (exact) mass is 94.0 g/mol. The van der Waals surface area contributed by atoms with Gasteiger partial charge in [-0.25, -0.2) is 4.39 Å². The first-order valence-corrected chi connectivity index (χ1v) is 1.58. The summed E-state index contributed by atoms with van der Waals surface area (Å²) in [7, 11) is 1.24. The minimum absolute atomic E-state index is 0.837. The highest BCUT2D eigenvalue weighted by molar-refractivity contribution is 4.26. The third-order valence-corrected chi connectivity index (χ3v) is 0.404. The maximum Gasteiger partial charge on any atom is 0.182 e. The van der Waals surface area contributed by atoms with Gasteiger partial charge in [0.2, 0.25) is 0 Å². The van der Waals surface area contributed by atoms with E-state index >= 15 is 0 Å². The molecule has 6 heavy (non-hydrogen) atoms. The lowest BCUT2D eigenvalue weighted by Crippen LogP contribution is -2.09. The van der Waals surface area contributed by atoms with Crippen LogP contribution in [0.4, 0.5) is 4.39 Å². The topological polar surface area (TPSA) is 29.5 Å². The third-order valence-electron chi connectivity index (χ3n) is 0.404. The largest absolute Gasteiger partial charge is 0.366 e. The molecule has 0 aromatic rings. The molecule has 0 saturated heterocycles. The van der Waals surface area contributed by atoms with Crippen molar-refractivity contribution in [2.24, 2.45) is 0 Å². The standard InChI is InChI=1S/C3H7FO2/c1-6-3(5)2-4/h3,5H,2H2,1H3. The lowest BCUT2D eigenvalue weighted by molar-refractivity contribution is -0.0859. The second-order valence-corrected chi connectivity index (χ2v) is 0.845. The van der Waals surface area contributed by atoms with Crippen molar-refractivity contribution in [1.29, 1.82) is 0 Å². The lowest BCUT2D eigenvalue weighted by Gasteiger charge is -1.98. The van der Waals surface area contributed by atoms with Crippen LogP contribution in [0, 0.1) is 0 Å². The number of hydrogen-bond acceptors (Lipinski definition) is 2. The minimum atomic E-state index is -1.23. The third kappa shape index (κ3) is 2.11. The average molecular weight is 94.1 g/mol. The summed E-state index contributed by atoms with van der Waals surface area (Å²) in [6, 6.07) is 0. The molecule has 0 radical (unpaired) electrons. The van der Waals surface area contributed by atoms with Crippen LogP contribution in [0.5, 0.6) is 0 Å². The van der Waals surface area contributed by atoms with Crippen molar-refractivity contribution < 1.29 is 14.2 Å². The number of aliphatic hydroxyl groups excluding tert-OH is 1. The van der Waals surface area contributed by atoms with Crippen molar-refractivity contribution in [1.82, 2.24) is 0 Å². The molecule has 0 spiro atoms. The molecular weight excluding hydrogens is 87.0 g/mol. The highest BCUT2D eigenvalue weighted by Crippen LogP contribution is 1.80. The van der Waals surface area contributed by atoms with Crippen LogP contribution in [0.25, 0.3) is 0 Å². The Morgan fingerprint density at radius 2 is 2.50 bits per heavy atom. The predicted molar refractivity (Wildman–Crippen MR) is 19.0 cm³/mol. The van der Waals surface area contributed by atoms with Gasteiger partial charge in [0.05, 0.1) is 0 Å². The summed E-state index contributed by atoms with van der Waals surface area (Å²) in [6.45, 7) is -0.837. The van der Waals surface area contributed by atoms with E-state index in [4.69, 9.17) is 5.11 Å². The van der Waals surface area contributed by atoms with E-state index in [0.717, 1.165) is 0 Å². The fourth-order valence-corrected chi connectivity index (χ4v) is 0.0630. The van der Waals surface area contributed by atoms with Crippen molar-refractivity contribution in [2.45, 2.75) is 6.29 Å². The molecule has 0 aliphatic heterocycles. The van der Waals surface area contributed by atoms with Gasteiger partial charge in [-0.1, -0.05) is 0 Å². The maximum atomic E-state index is 11.0. The van der Waals surface area contributed by atoms with Gasteiger partial charge in [-0.05, 0) is 0 Å². The quantitative estimate of drug-likeness (QED) is 0.485. The van der Waals surface area contributed by atoms with Gasteiger partial charge in [0, 0.05) is 7.11 Å². The second-order valence-electron chi connectivity index (χ2n) is 0.845. The Morgan fingerprint density at radius 1 is 2.00 bits per heavy atom. The van der Waals surface area contributed by atoms with Gasteiger partial charge in [-0.3, -0.25) is 0 Å². The normalized spacial score (nSPS) is 14.5. The predicted octanol–water partition coefficient (Wildman–Crippen LogP) is -0.0793. The molecule has 1 N–H and O–H groups in total. The molecule has 1 atom stereocenters. The first-order valence-electron chi connectivity index (χ1n) is 1.58. The summed E-state index contributed by atoms with van der Waals surface area (Å²) in [6.07, 6.45) is -1.23. The molecule has 0 fully saturated rings. The van der Waals surface area contributed by atoms with Gasteiger partial charge in [0.15, 0.2) is 6.29 Å².